The zero-order chi connectivity index (χ0) is 21.8. The summed E-state index contributed by atoms with van der Waals surface area (Å²) in [4.78, 5) is 40.8. The van der Waals surface area contributed by atoms with Crippen molar-refractivity contribution in [3.8, 4) is 0 Å². The molecule has 2 saturated heterocycles. The minimum Gasteiger partial charge on any atom is -0.352 e. The summed E-state index contributed by atoms with van der Waals surface area (Å²) in [5.74, 6) is 0.991. The molecular weight excluding hydrogens is 390 g/mol. The first-order valence-corrected chi connectivity index (χ1v) is 10.8. The summed E-state index contributed by atoms with van der Waals surface area (Å²) >= 11 is 0. The standard InChI is InChI=1S/C24H29N5O2/c1-3-21(30)27-13-9-24(10-14-27,20-7-5-4-6-8-20)23(31)29-17-15-28(16-18-29)22-19(2)25-11-12-26-22/h3-8,11-12H,1,9-10,13-18H2,2H3. The van der Waals surface area contributed by atoms with Gasteiger partial charge in [0.1, 0.15) is 5.82 Å². The number of aryl methyl sites for hydroxylation is 1. The Balaban J connectivity index is 1.52. The molecule has 162 valence electrons. The zero-order valence-electron chi connectivity index (χ0n) is 18.0. The van der Waals surface area contributed by atoms with Crippen LogP contribution in [0.2, 0.25) is 0 Å². The zero-order valence-corrected chi connectivity index (χ0v) is 18.0. The second kappa shape index (κ2) is 8.88. The molecule has 2 aliphatic heterocycles. The fourth-order valence-electron chi connectivity index (χ4n) is 4.76. The Hall–Kier alpha value is -3.22. The molecule has 2 amide bonds. The summed E-state index contributed by atoms with van der Waals surface area (Å²) in [5.41, 5.74) is 1.35. The quantitative estimate of drug-likeness (QED) is 0.711. The molecule has 4 rings (SSSR count). The van der Waals surface area contributed by atoms with E-state index < -0.39 is 5.41 Å². The van der Waals surface area contributed by atoms with E-state index in [1.807, 2.05) is 42.2 Å². The minimum absolute atomic E-state index is 0.0675. The Kier molecular flexibility index (Phi) is 6.02. The van der Waals surface area contributed by atoms with Gasteiger partial charge in [-0.25, -0.2) is 4.98 Å². The Bertz CT molecular complexity index is 945. The molecule has 0 unspecified atom stereocenters. The highest BCUT2D eigenvalue weighted by molar-refractivity contribution is 5.90. The third-order valence-electron chi connectivity index (χ3n) is 6.56. The van der Waals surface area contributed by atoms with E-state index in [0.29, 0.717) is 39.0 Å². The lowest BCUT2D eigenvalue weighted by molar-refractivity contribution is -0.142. The molecule has 7 heteroatoms. The minimum atomic E-state index is -0.593. The summed E-state index contributed by atoms with van der Waals surface area (Å²) in [6, 6.07) is 10.0. The molecule has 2 fully saturated rings. The third kappa shape index (κ3) is 4.04. The molecular formula is C24H29N5O2. The van der Waals surface area contributed by atoms with E-state index in [4.69, 9.17) is 0 Å². The molecule has 0 radical (unpaired) electrons. The van der Waals surface area contributed by atoms with Crippen molar-refractivity contribution in [2.24, 2.45) is 0 Å². The van der Waals surface area contributed by atoms with Gasteiger partial charge in [-0.15, -0.1) is 0 Å². The molecule has 0 bridgehead atoms. The number of carbonyl (C=O) groups is 2. The summed E-state index contributed by atoms with van der Waals surface area (Å²) in [7, 11) is 0. The first-order valence-electron chi connectivity index (χ1n) is 10.8. The van der Waals surface area contributed by atoms with Crippen molar-refractivity contribution in [1.29, 1.82) is 0 Å². The van der Waals surface area contributed by atoms with E-state index in [-0.39, 0.29) is 11.8 Å². The van der Waals surface area contributed by atoms with Gasteiger partial charge in [-0.3, -0.25) is 14.6 Å². The number of hydrogen-bond donors (Lipinski definition) is 0. The summed E-state index contributed by atoms with van der Waals surface area (Å²) < 4.78 is 0. The SMILES string of the molecule is C=CC(=O)N1CCC(C(=O)N2CCN(c3nccnc3C)CC2)(c2ccccc2)CC1. The third-order valence-corrected chi connectivity index (χ3v) is 6.56. The monoisotopic (exact) mass is 419 g/mol. The molecule has 0 saturated carbocycles. The number of anilines is 1. The van der Waals surface area contributed by atoms with Crippen molar-refractivity contribution in [2.75, 3.05) is 44.2 Å². The van der Waals surface area contributed by atoms with Crippen molar-refractivity contribution in [3.63, 3.8) is 0 Å². The van der Waals surface area contributed by atoms with Crippen LogP contribution in [0, 0.1) is 6.92 Å². The fraction of sp³-hybridized carbons (Fsp3) is 0.417. The fourth-order valence-corrected chi connectivity index (χ4v) is 4.76. The lowest BCUT2D eigenvalue weighted by Gasteiger charge is -2.45. The molecule has 1 aromatic heterocycles. The number of benzene rings is 1. The van der Waals surface area contributed by atoms with Crippen LogP contribution in [-0.4, -0.2) is 70.9 Å². The van der Waals surface area contributed by atoms with Crippen LogP contribution in [0.25, 0.3) is 0 Å². The number of rotatable bonds is 4. The van der Waals surface area contributed by atoms with Crippen molar-refractivity contribution in [3.05, 3.63) is 66.6 Å². The highest BCUT2D eigenvalue weighted by Crippen LogP contribution is 2.38. The predicted octanol–water partition coefficient (Wildman–Crippen LogP) is 2.18. The van der Waals surface area contributed by atoms with Crippen LogP contribution in [0.1, 0.15) is 24.1 Å². The number of aromatic nitrogens is 2. The van der Waals surface area contributed by atoms with Gasteiger partial charge in [0, 0.05) is 51.7 Å². The molecule has 0 spiro atoms. The van der Waals surface area contributed by atoms with Crippen molar-refractivity contribution < 1.29 is 9.59 Å². The highest BCUT2D eigenvalue weighted by atomic mass is 16.2. The van der Waals surface area contributed by atoms with E-state index in [2.05, 4.69) is 21.4 Å². The van der Waals surface area contributed by atoms with Crippen LogP contribution in [0.15, 0.2) is 55.4 Å². The lowest BCUT2D eigenvalue weighted by atomic mass is 9.71. The maximum absolute atomic E-state index is 13.9. The number of hydrogen-bond acceptors (Lipinski definition) is 5. The first-order chi connectivity index (χ1) is 15.0. The largest absolute Gasteiger partial charge is 0.352 e. The van der Waals surface area contributed by atoms with Gasteiger partial charge in [-0.05, 0) is 31.4 Å². The number of piperidine rings is 1. The second-order valence-electron chi connectivity index (χ2n) is 8.22. The molecule has 7 nitrogen and oxygen atoms in total. The van der Waals surface area contributed by atoms with Crippen molar-refractivity contribution in [1.82, 2.24) is 19.8 Å². The molecule has 2 aliphatic rings. The normalized spacial score (nSPS) is 18.5. The van der Waals surface area contributed by atoms with E-state index in [1.165, 1.54) is 6.08 Å². The van der Waals surface area contributed by atoms with Gasteiger partial charge >= 0.3 is 0 Å². The predicted molar refractivity (Wildman–Crippen MR) is 120 cm³/mol. The van der Waals surface area contributed by atoms with E-state index >= 15 is 0 Å². The number of amides is 2. The van der Waals surface area contributed by atoms with Gasteiger partial charge in [0.2, 0.25) is 11.8 Å². The van der Waals surface area contributed by atoms with Gasteiger partial charge < -0.3 is 14.7 Å². The van der Waals surface area contributed by atoms with Crippen LogP contribution >= 0.6 is 0 Å². The number of piperazine rings is 1. The summed E-state index contributed by atoms with van der Waals surface area (Å²) in [6.45, 7) is 9.45. The maximum atomic E-state index is 13.9. The van der Waals surface area contributed by atoms with Gasteiger partial charge in [0.05, 0.1) is 11.1 Å². The topological polar surface area (TPSA) is 69.6 Å². The van der Waals surface area contributed by atoms with Crippen molar-refractivity contribution >= 4 is 17.6 Å². The highest BCUT2D eigenvalue weighted by Gasteiger charge is 2.46. The molecule has 3 heterocycles. The number of likely N-dealkylation sites (tertiary alicyclic amines) is 1. The number of carbonyl (C=O) groups excluding carboxylic acids is 2. The summed E-state index contributed by atoms with van der Waals surface area (Å²) in [5, 5.41) is 0. The van der Waals surface area contributed by atoms with Crippen LogP contribution in [0.3, 0.4) is 0 Å². The molecule has 0 N–H and O–H groups in total. The average molecular weight is 420 g/mol. The maximum Gasteiger partial charge on any atom is 0.245 e. The molecule has 2 aromatic rings. The van der Waals surface area contributed by atoms with Crippen molar-refractivity contribution in [2.45, 2.75) is 25.2 Å². The van der Waals surface area contributed by atoms with Crippen LogP contribution in [0.4, 0.5) is 5.82 Å². The second-order valence-corrected chi connectivity index (χ2v) is 8.22. The van der Waals surface area contributed by atoms with Gasteiger partial charge in [0.15, 0.2) is 0 Å². The molecule has 0 aliphatic carbocycles. The Morgan fingerprint density at radius 2 is 1.58 bits per heavy atom. The Morgan fingerprint density at radius 3 is 2.19 bits per heavy atom. The number of nitrogens with zero attached hydrogens (tertiary/aromatic N) is 5. The lowest BCUT2D eigenvalue weighted by Crippen LogP contribution is -2.58. The van der Waals surface area contributed by atoms with E-state index in [1.54, 1.807) is 17.3 Å². The van der Waals surface area contributed by atoms with Gasteiger partial charge in [0.25, 0.3) is 0 Å². The Labute approximate surface area is 183 Å². The Morgan fingerprint density at radius 1 is 0.935 bits per heavy atom. The first kappa shape index (κ1) is 21.0. The van der Waals surface area contributed by atoms with Gasteiger partial charge in [-0.2, -0.15) is 0 Å². The van der Waals surface area contributed by atoms with E-state index in [9.17, 15) is 9.59 Å². The molecule has 31 heavy (non-hydrogen) atoms. The smallest absolute Gasteiger partial charge is 0.245 e. The molecule has 0 atom stereocenters. The van der Waals surface area contributed by atoms with Crippen LogP contribution < -0.4 is 4.90 Å². The molecule has 1 aromatic carbocycles. The average Bonchev–Trinajstić information content (AvgIpc) is 2.84. The van der Waals surface area contributed by atoms with Gasteiger partial charge in [-0.1, -0.05) is 36.9 Å². The van der Waals surface area contributed by atoms with Crippen LogP contribution in [-0.2, 0) is 15.0 Å². The van der Waals surface area contributed by atoms with E-state index in [0.717, 1.165) is 30.2 Å². The van der Waals surface area contributed by atoms with Crippen LogP contribution in [0.5, 0.6) is 0 Å². The summed E-state index contributed by atoms with van der Waals surface area (Å²) in [6.07, 6.45) is 6.01.